The first-order valence-corrected chi connectivity index (χ1v) is 11.4. The van der Waals surface area contributed by atoms with Gasteiger partial charge in [0.1, 0.15) is 6.04 Å². The number of thiophene rings is 1. The highest BCUT2D eigenvalue weighted by atomic mass is 35.5. The van der Waals surface area contributed by atoms with E-state index in [9.17, 15) is 14.4 Å². The van der Waals surface area contributed by atoms with Crippen LogP contribution in [-0.2, 0) is 9.59 Å². The number of rotatable bonds is 4. The standard InChI is InChI=1S/C22H24ClN3O3S/c1-13-8-9-14(11-15(13)23)24-20(27)12-18-21(28)25-16-5-2-3-6-17(16)26(18)22(29)19-7-4-10-30-19/h4,7-11,16-18H,2-3,5-6,12H2,1H3,(H,24,27)(H,25,28). The number of nitrogens with one attached hydrogen (secondary N) is 2. The number of carbonyl (C=O) groups excluding carboxylic acids is 3. The van der Waals surface area contributed by atoms with E-state index in [-0.39, 0.29) is 36.2 Å². The maximum atomic E-state index is 13.3. The van der Waals surface area contributed by atoms with E-state index in [4.69, 9.17) is 11.6 Å². The van der Waals surface area contributed by atoms with E-state index < -0.39 is 6.04 Å². The van der Waals surface area contributed by atoms with Crippen molar-refractivity contribution in [2.75, 3.05) is 5.32 Å². The first kappa shape index (κ1) is 20.9. The highest BCUT2D eigenvalue weighted by molar-refractivity contribution is 7.12. The summed E-state index contributed by atoms with van der Waals surface area (Å²) >= 11 is 7.50. The molecule has 2 heterocycles. The summed E-state index contributed by atoms with van der Waals surface area (Å²) in [6.45, 7) is 1.88. The molecule has 1 saturated heterocycles. The third kappa shape index (κ3) is 4.23. The Morgan fingerprint density at radius 1 is 1.27 bits per heavy atom. The molecule has 3 unspecified atom stereocenters. The third-order valence-electron chi connectivity index (χ3n) is 5.85. The van der Waals surface area contributed by atoms with Gasteiger partial charge in [-0.2, -0.15) is 0 Å². The molecule has 30 heavy (non-hydrogen) atoms. The van der Waals surface area contributed by atoms with Gasteiger partial charge >= 0.3 is 0 Å². The van der Waals surface area contributed by atoms with Crippen LogP contribution < -0.4 is 10.6 Å². The summed E-state index contributed by atoms with van der Waals surface area (Å²) in [5.41, 5.74) is 1.48. The zero-order valence-corrected chi connectivity index (χ0v) is 18.3. The van der Waals surface area contributed by atoms with Crippen molar-refractivity contribution in [2.24, 2.45) is 0 Å². The molecular weight excluding hydrogens is 422 g/mol. The Hall–Kier alpha value is -2.38. The average Bonchev–Trinajstić information content (AvgIpc) is 3.26. The molecule has 3 atom stereocenters. The summed E-state index contributed by atoms with van der Waals surface area (Å²) in [6.07, 6.45) is 3.62. The molecule has 8 heteroatoms. The number of carbonyl (C=O) groups is 3. The molecular formula is C22H24ClN3O3S. The van der Waals surface area contributed by atoms with Crippen molar-refractivity contribution in [1.82, 2.24) is 10.2 Å². The molecule has 1 saturated carbocycles. The van der Waals surface area contributed by atoms with Crippen LogP contribution in [0, 0.1) is 6.92 Å². The fourth-order valence-corrected chi connectivity index (χ4v) is 5.17. The first-order valence-electron chi connectivity index (χ1n) is 10.2. The van der Waals surface area contributed by atoms with E-state index in [2.05, 4.69) is 10.6 Å². The van der Waals surface area contributed by atoms with Crippen LogP contribution in [0.1, 0.15) is 47.3 Å². The summed E-state index contributed by atoms with van der Waals surface area (Å²) < 4.78 is 0. The second kappa shape index (κ2) is 8.78. The number of aryl methyl sites for hydroxylation is 1. The predicted octanol–water partition coefficient (Wildman–Crippen LogP) is 3.99. The van der Waals surface area contributed by atoms with Crippen LogP contribution in [0.15, 0.2) is 35.7 Å². The fourth-order valence-electron chi connectivity index (χ4n) is 4.32. The topological polar surface area (TPSA) is 78.5 Å². The van der Waals surface area contributed by atoms with Gasteiger partial charge in [0.15, 0.2) is 0 Å². The van der Waals surface area contributed by atoms with Crippen molar-refractivity contribution < 1.29 is 14.4 Å². The second-order valence-corrected chi connectivity index (χ2v) is 9.24. The number of piperazine rings is 1. The maximum Gasteiger partial charge on any atom is 0.264 e. The van der Waals surface area contributed by atoms with E-state index >= 15 is 0 Å². The summed E-state index contributed by atoms with van der Waals surface area (Å²) in [7, 11) is 0. The van der Waals surface area contributed by atoms with Crippen LogP contribution in [0.2, 0.25) is 5.02 Å². The van der Waals surface area contributed by atoms with E-state index in [1.165, 1.54) is 11.3 Å². The first-order chi connectivity index (χ1) is 14.4. The van der Waals surface area contributed by atoms with Crippen LogP contribution >= 0.6 is 22.9 Å². The van der Waals surface area contributed by atoms with Gasteiger partial charge in [0.05, 0.1) is 17.3 Å². The Labute approximate surface area is 184 Å². The van der Waals surface area contributed by atoms with Crippen LogP contribution in [-0.4, -0.2) is 40.7 Å². The molecule has 6 nitrogen and oxygen atoms in total. The number of halogens is 1. The van der Waals surface area contributed by atoms with Gasteiger partial charge in [-0.1, -0.05) is 36.6 Å². The molecule has 1 aliphatic carbocycles. The summed E-state index contributed by atoms with van der Waals surface area (Å²) in [5, 5.41) is 8.26. The Morgan fingerprint density at radius 2 is 2.07 bits per heavy atom. The Morgan fingerprint density at radius 3 is 2.80 bits per heavy atom. The highest BCUT2D eigenvalue weighted by Crippen LogP contribution is 2.31. The molecule has 158 valence electrons. The average molecular weight is 446 g/mol. The highest BCUT2D eigenvalue weighted by Gasteiger charge is 2.46. The number of anilines is 1. The number of benzene rings is 1. The molecule has 2 N–H and O–H groups in total. The quantitative estimate of drug-likeness (QED) is 0.746. The Balaban J connectivity index is 1.56. The number of nitrogens with zero attached hydrogens (tertiary/aromatic N) is 1. The van der Waals surface area contributed by atoms with Crippen molar-refractivity contribution in [3.63, 3.8) is 0 Å². The van der Waals surface area contributed by atoms with Crippen LogP contribution in [0.4, 0.5) is 5.69 Å². The lowest BCUT2D eigenvalue weighted by Crippen LogP contribution is -2.67. The Kier molecular flexibility index (Phi) is 6.11. The molecule has 3 amide bonds. The molecule has 2 fully saturated rings. The van der Waals surface area contributed by atoms with Gasteiger partial charge in [-0.05, 0) is 48.9 Å². The molecule has 1 aromatic heterocycles. The lowest BCUT2D eigenvalue weighted by Gasteiger charge is -2.47. The molecule has 2 aromatic rings. The predicted molar refractivity (Wildman–Crippen MR) is 118 cm³/mol. The molecule has 4 rings (SSSR count). The second-order valence-electron chi connectivity index (χ2n) is 7.89. The van der Waals surface area contributed by atoms with Crippen molar-refractivity contribution in [2.45, 2.75) is 57.2 Å². The summed E-state index contributed by atoms with van der Waals surface area (Å²) in [6, 6.07) is 7.90. The van der Waals surface area contributed by atoms with Gasteiger partial charge in [0, 0.05) is 16.8 Å². The number of hydrogen-bond donors (Lipinski definition) is 2. The van der Waals surface area contributed by atoms with Gasteiger partial charge in [-0.3, -0.25) is 14.4 Å². The molecule has 2 aliphatic rings. The molecule has 0 radical (unpaired) electrons. The van der Waals surface area contributed by atoms with Gasteiger partial charge in [-0.15, -0.1) is 11.3 Å². The zero-order valence-electron chi connectivity index (χ0n) is 16.7. The lowest BCUT2D eigenvalue weighted by atomic mass is 9.85. The van der Waals surface area contributed by atoms with Crippen molar-refractivity contribution >= 4 is 46.3 Å². The maximum absolute atomic E-state index is 13.3. The van der Waals surface area contributed by atoms with E-state index in [1.807, 2.05) is 24.4 Å². The SMILES string of the molecule is Cc1ccc(NC(=O)CC2C(=O)NC3CCCCC3N2C(=O)c2cccs2)cc1Cl. The van der Waals surface area contributed by atoms with Crippen LogP contribution in [0.25, 0.3) is 0 Å². The largest absolute Gasteiger partial charge is 0.349 e. The van der Waals surface area contributed by atoms with Crippen molar-refractivity contribution in [3.8, 4) is 0 Å². The number of hydrogen-bond acceptors (Lipinski definition) is 4. The fraction of sp³-hybridized carbons (Fsp3) is 0.409. The van der Waals surface area contributed by atoms with E-state index in [1.54, 1.807) is 23.1 Å². The van der Waals surface area contributed by atoms with Crippen molar-refractivity contribution in [3.05, 3.63) is 51.2 Å². The Bertz CT molecular complexity index is 963. The minimum absolute atomic E-state index is 0.0506. The molecule has 0 spiro atoms. The smallest absolute Gasteiger partial charge is 0.264 e. The van der Waals surface area contributed by atoms with Gasteiger partial charge in [0.25, 0.3) is 5.91 Å². The van der Waals surface area contributed by atoms with Gasteiger partial charge in [-0.25, -0.2) is 0 Å². The number of fused-ring (bicyclic) bond motifs is 1. The van der Waals surface area contributed by atoms with E-state index in [0.717, 1.165) is 31.2 Å². The monoisotopic (exact) mass is 445 g/mol. The van der Waals surface area contributed by atoms with Gasteiger partial charge in [0.2, 0.25) is 11.8 Å². The normalized spacial score (nSPS) is 23.5. The summed E-state index contributed by atoms with van der Waals surface area (Å²) in [4.78, 5) is 41.2. The van der Waals surface area contributed by atoms with Crippen molar-refractivity contribution in [1.29, 1.82) is 0 Å². The molecule has 1 aromatic carbocycles. The van der Waals surface area contributed by atoms with Gasteiger partial charge < -0.3 is 15.5 Å². The third-order valence-corrected chi connectivity index (χ3v) is 7.12. The minimum atomic E-state index is -0.833. The summed E-state index contributed by atoms with van der Waals surface area (Å²) in [5.74, 6) is -0.763. The molecule has 1 aliphatic heterocycles. The van der Waals surface area contributed by atoms with Crippen LogP contribution in [0.3, 0.4) is 0 Å². The zero-order chi connectivity index (χ0) is 21.3. The minimum Gasteiger partial charge on any atom is -0.349 e. The van der Waals surface area contributed by atoms with E-state index in [0.29, 0.717) is 15.6 Å². The lowest BCUT2D eigenvalue weighted by molar-refractivity contribution is -0.135. The van der Waals surface area contributed by atoms with Crippen LogP contribution in [0.5, 0.6) is 0 Å². The molecule has 0 bridgehead atoms. The number of amides is 3.